The molecule has 1 aromatic carbocycles. The highest BCUT2D eigenvalue weighted by molar-refractivity contribution is 5.39. The van der Waals surface area contributed by atoms with E-state index in [1.807, 2.05) is 24.3 Å². The van der Waals surface area contributed by atoms with Gasteiger partial charge in [0.1, 0.15) is 12.7 Å². The van der Waals surface area contributed by atoms with Crippen molar-refractivity contribution in [3.63, 3.8) is 0 Å². The van der Waals surface area contributed by atoms with Crippen molar-refractivity contribution in [2.75, 3.05) is 26.8 Å². The van der Waals surface area contributed by atoms with Gasteiger partial charge in [0, 0.05) is 13.1 Å². The summed E-state index contributed by atoms with van der Waals surface area (Å²) in [6.07, 6.45) is 2.06. The number of benzene rings is 1. The van der Waals surface area contributed by atoms with Crippen molar-refractivity contribution < 1.29 is 14.6 Å². The van der Waals surface area contributed by atoms with Crippen LogP contribution in [-0.2, 0) is 0 Å². The summed E-state index contributed by atoms with van der Waals surface area (Å²) in [5.41, 5.74) is 0.462. The van der Waals surface area contributed by atoms with Crippen molar-refractivity contribution in [1.29, 1.82) is 0 Å². The first-order chi connectivity index (χ1) is 9.13. The fraction of sp³-hybridized carbons (Fsp3) is 0.600. The van der Waals surface area contributed by atoms with E-state index in [1.165, 1.54) is 12.8 Å². The van der Waals surface area contributed by atoms with E-state index in [2.05, 4.69) is 12.2 Å². The van der Waals surface area contributed by atoms with Gasteiger partial charge in [-0.25, -0.2) is 0 Å². The number of hydrogen-bond donors (Lipinski definition) is 2. The molecule has 0 saturated heterocycles. The molecule has 0 aromatic heterocycles. The molecule has 0 aliphatic heterocycles. The highest BCUT2D eigenvalue weighted by Gasteiger charge is 2.36. The first kappa shape index (κ1) is 14.2. The number of methoxy groups -OCH3 is 1. The molecule has 1 fully saturated rings. The van der Waals surface area contributed by atoms with Gasteiger partial charge in [-0.3, -0.25) is 0 Å². The summed E-state index contributed by atoms with van der Waals surface area (Å²) in [6, 6.07) is 7.45. The second-order valence-electron chi connectivity index (χ2n) is 5.56. The molecular formula is C15H23NO3. The Labute approximate surface area is 114 Å². The summed E-state index contributed by atoms with van der Waals surface area (Å²) >= 11 is 0. The Bertz CT molecular complexity index is 404. The molecule has 0 heterocycles. The Balaban J connectivity index is 1.69. The van der Waals surface area contributed by atoms with Gasteiger partial charge in [-0.15, -0.1) is 0 Å². The topological polar surface area (TPSA) is 50.7 Å². The minimum atomic E-state index is -0.507. The van der Waals surface area contributed by atoms with Crippen LogP contribution in [0.2, 0.25) is 0 Å². The Kier molecular flexibility index (Phi) is 4.66. The maximum atomic E-state index is 9.86. The van der Waals surface area contributed by atoms with Gasteiger partial charge in [-0.2, -0.15) is 0 Å². The third-order valence-electron chi connectivity index (χ3n) is 3.54. The Hall–Kier alpha value is -1.26. The van der Waals surface area contributed by atoms with Crippen molar-refractivity contribution in [1.82, 2.24) is 5.32 Å². The van der Waals surface area contributed by atoms with E-state index >= 15 is 0 Å². The van der Waals surface area contributed by atoms with Gasteiger partial charge >= 0.3 is 0 Å². The molecule has 0 amide bonds. The van der Waals surface area contributed by atoms with Crippen LogP contribution >= 0.6 is 0 Å². The SMILES string of the molecule is COc1ccccc1OCC(O)CNCC1(C)CC1. The molecule has 0 bridgehead atoms. The lowest BCUT2D eigenvalue weighted by molar-refractivity contribution is 0.103. The normalized spacial score (nSPS) is 17.8. The molecule has 1 aliphatic carbocycles. The minimum absolute atomic E-state index is 0.268. The van der Waals surface area contributed by atoms with Crippen molar-refractivity contribution in [3.8, 4) is 11.5 Å². The molecule has 1 aromatic rings. The van der Waals surface area contributed by atoms with Crippen LogP contribution in [0.15, 0.2) is 24.3 Å². The predicted molar refractivity (Wildman–Crippen MR) is 74.7 cm³/mol. The van der Waals surface area contributed by atoms with E-state index in [-0.39, 0.29) is 6.61 Å². The van der Waals surface area contributed by atoms with Gasteiger partial charge in [0.15, 0.2) is 11.5 Å². The fourth-order valence-corrected chi connectivity index (χ4v) is 1.91. The van der Waals surface area contributed by atoms with Crippen molar-refractivity contribution in [2.45, 2.75) is 25.9 Å². The average Bonchev–Trinajstić information content (AvgIpc) is 3.14. The molecule has 2 rings (SSSR count). The molecule has 1 aliphatic rings. The maximum absolute atomic E-state index is 9.86. The zero-order valence-corrected chi connectivity index (χ0v) is 11.7. The van der Waals surface area contributed by atoms with Crippen molar-refractivity contribution >= 4 is 0 Å². The van der Waals surface area contributed by atoms with Crippen LogP contribution in [0.25, 0.3) is 0 Å². The van der Waals surface area contributed by atoms with Crippen molar-refractivity contribution in [3.05, 3.63) is 24.3 Å². The average molecular weight is 265 g/mol. The molecule has 4 heteroatoms. The number of para-hydroxylation sites is 2. The molecule has 0 radical (unpaired) electrons. The summed E-state index contributed by atoms with van der Waals surface area (Å²) in [4.78, 5) is 0. The second kappa shape index (κ2) is 6.26. The fourth-order valence-electron chi connectivity index (χ4n) is 1.91. The summed E-state index contributed by atoms with van der Waals surface area (Å²) < 4.78 is 10.8. The zero-order valence-electron chi connectivity index (χ0n) is 11.7. The van der Waals surface area contributed by atoms with Crippen LogP contribution in [0.4, 0.5) is 0 Å². The monoisotopic (exact) mass is 265 g/mol. The summed E-state index contributed by atoms with van der Waals surface area (Å²) in [5, 5.41) is 13.2. The number of ether oxygens (including phenoxy) is 2. The molecule has 1 unspecified atom stereocenters. The summed E-state index contributed by atoms with van der Waals surface area (Å²) in [6.45, 7) is 4.06. The number of nitrogens with one attached hydrogen (secondary N) is 1. The first-order valence-electron chi connectivity index (χ1n) is 6.77. The first-order valence-corrected chi connectivity index (χ1v) is 6.77. The number of aliphatic hydroxyl groups is 1. The van der Waals surface area contributed by atoms with Crippen molar-refractivity contribution in [2.24, 2.45) is 5.41 Å². The molecule has 4 nitrogen and oxygen atoms in total. The van der Waals surface area contributed by atoms with E-state index in [4.69, 9.17) is 9.47 Å². The van der Waals surface area contributed by atoms with Crippen LogP contribution in [0.3, 0.4) is 0 Å². The van der Waals surface area contributed by atoms with E-state index in [1.54, 1.807) is 7.11 Å². The highest BCUT2D eigenvalue weighted by Crippen LogP contribution is 2.43. The number of rotatable bonds is 8. The van der Waals surface area contributed by atoms with Crippen LogP contribution in [-0.4, -0.2) is 38.0 Å². The molecule has 0 spiro atoms. The summed E-state index contributed by atoms with van der Waals surface area (Å²) in [7, 11) is 1.61. The lowest BCUT2D eigenvalue weighted by Gasteiger charge is -2.16. The van der Waals surface area contributed by atoms with Crippen LogP contribution < -0.4 is 14.8 Å². The molecule has 106 valence electrons. The highest BCUT2D eigenvalue weighted by atomic mass is 16.5. The van der Waals surface area contributed by atoms with E-state index in [9.17, 15) is 5.11 Å². The predicted octanol–water partition coefficient (Wildman–Crippen LogP) is 1.82. The van der Waals surface area contributed by atoms with Gasteiger partial charge < -0.3 is 19.9 Å². The van der Waals surface area contributed by atoms with E-state index in [0.29, 0.717) is 23.5 Å². The van der Waals surface area contributed by atoms with E-state index in [0.717, 1.165) is 6.54 Å². The lowest BCUT2D eigenvalue weighted by Crippen LogP contribution is -2.34. The third kappa shape index (κ3) is 4.40. The van der Waals surface area contributed by atoms with Crippen LogP contribution in [0, 0.1) is 5.41 Å². The minimum Gasteiger partial charge on any atom is -0.493 e. The largest absolute Gasteiger partial charge is 0.493 e. The second-order valence-corrected chi connectivity index (χ2v) is 5.56. The van der Waals surface area contributed by atoms with Crippen LogP contribution in [0.5, 0.6) is 11.5 Å². The molecule has 1 saturated carbocycles. The van der Waals surface area contributed by atoms with E-state index < -0.39 is 6.10 Å². The summed E-state index contributed by atoms with van der Waals surface area (Å²) in [5.74, 6) is 1.35. The van der Waals surface area contributed by atoms with Crippen LogP contribution in [0.1, 0.15) is 19.8 Å². The molecule has 19 heavy (non-hydrogen) atoms. The quantitative estimate of drug-likeness (QED) is 0.753. The Morgan fingerprint density at radius 1 is 1.32 bits per heavy atom. The standard InChI is InChI=1S/C15H23NO3/c1-15(7-8-15)11-16-9-12(17)10-19-14-6-4-3-5-13(14)18-2/h3-6,12,16-17H,7-11H2,1-2H3. The van der Waals surface area contributed by atoms with Gasteiger partial charge in [-0.05, 0) is 30.4 Å². The zero-order chi connectivity index (χ0) is 13.7. The van der Waals surface area contributed by atoms with Gasteiger partial charge in [-0.1, -0.05) is 19.1 Å². The van der Waals surface area contributed by atoms with Gasteiger partial charge in [0.25, 0.3) is 0 Å². The smallest absolute Gasteiger partial charge is 0.161 e. The lowest BCUT2D eigenvalue weighted by atomic mass is 10.1. The Morgan fingerprint density at radius 2 is 2.00 bits per heavy atom. The Morgan fingerprint density at radius 3 is 2.63 bits per heavy atom. The van der Waals surface area contributed by atoms with Gasteiger partial charge in [0.2, 0.25) is 0 Å². The molecular weight excluding hydrogens is 242 g/mol. The number of hydrogen-bond acceptors (Lipinski definition) is 4. The number of aliphatic hydroxyl groups excluding tert-OH is 1. The maximum Gasteiger partial charge on any atom is 0.161 e. The third-order valence-corrected chi connectivity index (χ3v) is 3.54. The molecule has 2 N–H and O–H groups in total. The molecule has 1 atom stereocenters. The van der Waals surface area contributed by atoms with Gasteiger partial charge in [0.05, 0.1) is 7.11 Å².